The predicted molar refractivity (Wildman–Crippen MR) is 77.0 cm³/mol. The number of nitrogen functional groups attached to an aromatic ring is 1. The standard InChI is InChI=1S/C13H20ClN3O/c1-4-17(8-12(18)16-9(2)3)11-7-5-6-10(14)13(11)15/h5-7,9H,4,8,15H2,1-3H3,(H,16,18). The van der Waals surface area contributed by atoms with Crippen LogP contribution in [0.5, 0.6) is 0 Å². The number of nitrogens with one attached hydrogen (secondary N) is 1. The van der Waals surface area contributed by atoms with Crippen LogP contribution in [-0.2, 0) is 4.79 Å². The van der Waals surface area contributed by atoms with E-state index in [0.717, 1.165) is 5.69 Å². The fraction of sp³-hybridized carbons (Fsp3) is 0.462. The Hall–Kier alpha value is -1.42. The molecule has 3 N–H and O–H groups in total. The maximum atomic E-state index is 11.8. The normalized spacial score (nSPS) is 10.5. The minimum Gasteiger partial charge on any atom is -0.396 e. The van der Waals surface area contributed by atoms with Crippen molar-refractivity contribution in [3.05, 3.63) is 23.2 Å². The molecule has 1 aromatic carbocycles. The monoisotopic (exact) mass is 269 g/mol. The third-order valence-electron chi connectivity index (χ3n) is 2.54. The third kappa shape index (κ3) is 3.81. The Morgan fingerprint density at radius 2 is 2.17 bits per heavy atom. The van der Waals surface area contributed by atoms with Crippen LogP contribution in [-0.4, -0.2) is 25.0 Å². The average molecular weight is 270 g/mol. The quantitative estimate of drug-likeness (QED) is 0.807. The van der Waals surface area contributed by atoms with Gasteiger partial charge in [-0.05, 0) is 32.9 Å². The van der Waals surface area contributed by atoms with Crippen LogP contribution in [0.1, 0.15) is 20.8 Å². The topological polar surface area (TPSA) is 58.4 Å². The molecule has 0 radical (unpaired) electrons. The van der Waals surface area contributed by atoms with Crippen molar-refractivity contribution >= 4 is 28.9 Å². The van der Waals surface area contributed by atoms with Gasteiger partial charge in [0.1, 0.15) is 0 Å². The Morgan fingerprint density at radius 3 is 2.72 bits per heavy atom. The fourth-order valence-corrected chi connectivity index (χ4v) is 1.88. The molecule has 0 aliphatic carbocycles. The molecule has 18 heavy (non-hydrogen) atoms. The minimum atomic E-state index is -0.0220. The minimum absolute atomic E-state index is 0.0220. The number of nitrogens with zero attached hydrogens (tertiary/aromatic N) is 1. The number of carbonyl (C=O) groups excluding carboxylic acids is 1. The summed E-state index contributed by atoms with van der Waals surface area (Å²) in [6.07, 6.45) is 0. The molecule has 0 saturated heterocycles. The van der Waals surface area contributed by atoms with Crippen LogP contribution < -0.4 is 16.0 Å². The molecule has 0 unspecified atom stereocenters. The van der Waals surface area contributed by atoms with E-state index in [1.165, 1.54) is 0 Å². The van der Waals surface area contributed by atoms with Crippen LogP contribution >= 0.6 is 11.6 Å². The van der Waals surface area contributed by atoms with Crippen LogP contribution in [0.3, 0.4) is 0 Å². The second kappa shape index (κ2) is 6.50. The molecule has 0 aliphatic heterocycles. The van der Waals surface area contributed by atoms with Crippen molar-refractivity contribution in [3.8, 4) is 0 Å². The average Bonchev–Trinajstić information content (AvgIpc) is 2.29. The molecule has 0 spiro atoms. The predicted octanol–water partition coefficient (Wildman–Crippen LogP) is 2.27. The lowest BCUT2D eigenvalue weighted by molar-refractivity contribution is -0.120. The third-order valence-corrected chi connectivity index (χ3v) is 2.87. The first-order chi connectivity index (χ1) is 8.45. The summed E-state index contributed by atoms with van der Waals surface area (Å²) in [5.41, 5.74) is 7.24. The van der Waals surface area contributed by atoms with Crippen LogP contribution in [0.4, 0.5) is 11.4 Å². The summed E-state index contributed by atoms with van der Waals surface area (Å²) < 4.78 is 0. The van der Waals surface area contributed by atoms with Crippen molar-refractivity contribution in [2.45, 2.75) is 26.8 Å². The summed E-state index contributed by atoms with van der Waals surface area (Å²) in [6, 6.07) is 5.57. The van der Waals surface area contributed by atoms with Gasteiger partial charge in [0.25, 0.3) is 0 Å². The summed E-state index contributed by atoms with van der Waals surface area (Å²) in [4.78, 5) is 13.7. The Morgan fingerprint density at radius 1 is 1.50 bits per heavy atom. The number of hydrogen-bond donors (Lipinski definition) is 2. The Kier molecular flexibility index (Phi) is 5.28. The van der Waals surface area contributed by atoms with Crippen molar-refractivity contribution in [1.29, 1.82) is 0 Å². The van der Waals surface area contributed by atoms with Gasteiger partial charge in [-0.2, -0.15) is 0 Å². The van der Waals surface area contributed by atoms with Crippen LogP contribution in [0.2, 0.25) is 5.02 Å². The number of para-hydroxylation sites is 1. The van der Waals surface area contributed by atoms with E-state index in [1.54, 1.807) is 6.07 Å². The largest absolute Gasteiger partial charge is 0.396 e. The smallest absolute Gasteiger partial charge is 0.239 e. The van der Waals surface area contributed by atoms with Crippen molar-refractivity contribution in [3.63, 3.8) is 0 Å². The number of anilines is 2. The SMILES string of the molecule is CCN(CC(=O)NC(C)C)c1cccc(Cl)c1N. The van der Waals surface area contributed by atoms with E-state index in [-0.39, 0.29) is 18.5 Å². The molecule has 0 saturated carbocycles. The molecule has 1 amide bonds. The zero-order valence-corrected chi connectivity index (χ0v) is 11.8. The molecule has 0 aliphatic rings. The molecule has 0 atom stereocenters. The Bertz CT molecular complexity index is 421. The van der Waals surface area contributed by atoms with E-state index in [9.17, 15) is 4.79 Å². The number of amides is 1. The van der Waals surface area contributed by atoms with E-state index in [1.807, 2.05) is 37.8 Å². The summed E-state index contributed by atoms with van der Waals surface area (Å²) in [5, 5.41) is 3.37. The molecule has 100 valence electrons. The molecule has 0 aromatic heterocycles. The van der Waals surface area contributed by atoms with Crippen LogP contribution in [0.25, 0.3) is 0 Å². The summed E-state index contributed by atoms with van der Waals surface area (Å²) >= 11 is 5.98. The number of benzene rings is 1. The van der Waals surface area contributed by atoms with Crippen molar-refractivity contribution < 1.29 is 4.79 Å². The van der Waals surface area contributed by atoms with Gasteiger partial charge in [-0.25, -0.2) is 0 Å². The lowest BCUT2D eigenvalue weighted by atomic mass is 10.2. The molecule has 4 nitrogen and oxygen atoms in total. The van der Waals surface area contributed by atoms with Crippen molar-refractivity contribution in [2.75, 3.05) is 23.7 Å². The van der Waals surface area contributed by atoms with Gasteiger partial charge in [0.05, 0.1) is 22.9 Å². The van der Waals surface area contributed by atoms with E-state index < -0.39 is 0 Å². The molecule has 5 heteroatoms. The highest BCUT2D eigenvalue weighted by Gasteiger charge is 2.14. The first-order valence-electron chi connectivity index (χ1n) is 6.04. The first kappa shape index (κ1) is 14.6. The first-order valence-corrected chi connectivity index (χ1v) is 6.41. The second-order valence-corrected chi connectivity index (χ2v) is 4.82. The number of rotatable bonds is 5. The highest BCUT2D eigenvalue weighted by Crippen LogP contribution is 2.29. The maximum Gasteiger partial charge on any atom is 0.239 e. The molecular formula is C13H20ClN3O. The van der Waals surface area contributed by atoms with E-state index in [2.05, 4.69) is 5.32 Å². The van der Waals surface area contributed by atoms with Gasteiger partial charge in [-0.1, -0.05) is 17.7 Å². The second-order valence-electron chi connectivity index (χ2n) is 4.41. The summed E-state index contributed by atoms with van der Waals surface area (Å²) in [7, 11) is 0. The number of hydrogen-bond acceptors (Lipinski definition) is 3. The number of carbonyl (C=O) groups is 1. The zero-order valence-electron chi connectivity index (χ0n) is 11.0. The van der Waals surface area contributed by atoms with Gasteiger partial charge in [0, 0.05) is 12.6 Å². The summed E-state index contributed by atoms with van der Waals surface area (Å²) in [5.74, 6) is -0.0220. The van der Waals surface area contributed by atoms with Crippen LogP contribution in [0.15, 0.2) is 18.2 Å². The highest BCUT2D eigenvalue weighted by molar-refractivity contribution is 6.33. The van der Waals surface area contributed by atoms with Gasteiger partial charge in [0.2, 0.25) is 5.91 Å². The van der Waals surface area contributed by atoms with E-state index >= 15 is 0 Å². The lowest BCUT2D eigenvalue weighted by Crippen LogP contribution is -2.40. The highest BCUT2D eigenvalue weighted by atomic mass is 35.5. The van der Waals surface area contributed by atoms with Gasteiger partial charge in [-0.3, -0.25) is 4.79 Å². The Labute approximate surface area is 113 Å². The van der Waals surface area contributed by atoms with Gasteiger partial charge in [0.15, 0.2) is 0 Å². The molecule has 0 fully saturated rings. The van der Waals surface area contributed by atoms with Crippen LogP contribution in [0, 0.1) is 0 Å². The van der Waals surface area contributed by atoms with Gasteiger partial charge < -0.3 is 16.0 Å². The molecular weight excluding hydrogens is 250 g/mol. The molecule has 1 aromatic rings. The maximum absolute atomic E-state index is 11.8. The summed E-state index contributed by atoms with van der Waals surface area (Å²) in [6.45, 7) is 6.81. The molecule has 1 rings (SSSR count). The van der Waals surface area contributed by atoms with Gasteiger partial charge >= 0.3 is 0 Å². The van der Waals surface area contributed by atoms with E-state index in [4.69, 9.17) is 17.3 Å². The van der Waals surface area contributed by atoms with Crippen molar-refractivity contribution in [1.82, 2.24) is 5.32 Å². The zero-order chi connectivity index (χ0) is 13.7. The van der Waals surface area contributed by atoms with Crippen molar-refractivity contribution in [2.24, 2.45) is 0 Å². The number of likely N-dealkylation sites (N-methyl/N-ethyl adjacent to an activating group) is 1. The van der Waals surface area contributed by atoms with E-state index in [0.29, 0.717) is 17.3 Å². The molecule has 0 bridgehead atoms. The number of halogens is 1. The fourth-order valence-electron chi connectivity index (χ4n) is 1.71. The lowest BCUT2D eigenvalue weighted by Gasteiger charge is -2.24. The molecule has 0 heterocycles. The Balaban J connectivity index is 2.83. The number of nitrogens with two attached hydrogens (primary N) is 1. The van der Waals surface area contributed by atoms with Gasteiger partial charge in [-0.15, -0.1) is 0 Å².